The highest BCUT2D eigenvalue weighted by atomic mass is 32.2. The monoisotopic (exact) mass is 393 g/mol. The van der Waals surface area contributed by atoms with E-state index in [1.165, 1.54) is 4.90 Å². The molecule has 1 atom stereocenters. The zero-order chi connectivity index (χ0) is 19.1. The molecular weight excluding hydrogens is 370 g/mol. The first-order valence-electron chi connectivity index (χ1n) is 9.74. The highest BCUT2D eigenvalue weighted by molar-refractivity contribution is 8.14. The van der Waals surface area contributed by atoms with Crippen LogP contribution in [0.2, 0.25) is 0 Å². The van der Waals surface area contributed by atoms with Gasteiger partial charge in [-0.15, -0.1) is 0 Å². The molecule has 4 heterocycles. The van der Waals surface area contributed by atoms with Crippen LogP contribution < -0.4 is 9.80 Å². The van der Waals surface area contributed by atoms with Crippen LogP contribution >= 0.6 is 11.8 Å². The Kier molecular flexibility index (Phi) is 4.36. The summed E-state index contributed by atoms with van der Waals surface area (Å²) in [5, 5.41) is 0.827. The molecule has 0 saturated carbocycles. The van der Waals surface area contributed by atoms with E-state index < -0.39 is 5.54 Å². The van der Waals surface area contributed by atoms with Crippen molar-refractivity contribution in [1.29, 1.82) is 0 Å². The Hall–Kier alpha value is -2.38. The third kappa shape index (κ3) is 2.89. The number of fused-ring (bicyclic) bond motifs is 3. The summed E-state index contributed by atoms with van der Waals surface area (Å²) in [6.45, 7) is 6.83. The first kappa shape index (κ1) is 17.7. The van der Waals surface area contributed by atoms with Crippen molar-refractivity contribution in [3.63, 3.8) is 0 Å². The Labute approximate surface area is 169 Å². The zero-order valence-electron chi connectivity index (χ0n) is 15.9. The van der Waals surface area contributed by atoms with Crippen LogP contribution in [-0.4, -0.2) is 59.2 Å². The van der Waals surface area contributed by atoms with Crippen LogP contribution in [0.15, 0.2) is 58.5 Å². The number of amides is 1. The predicted molar refractivity (Wildman–Crippen MR) is 113 cm³/mol. The van der Waals surface area contributed by atoms with Crippen molar-refractivity contribution in [2.75, 3.05) is 42.5 Å². The lowest BCUT2D eigenvalue weighted by Crippen LogP contribution is -2.52. The topological polar surface area (TPSA) is 52.0 Å². The number of thioether (sulfide) groups is 1. The molecule has 1 unspecified atom stereocenters. The number of hydrogen-bond donors (Lipinski definition) is 0. The molecule has 5 rings (SSSR count). The maximum atomic E-state index is 12.8. The Morgan fingerprint density at radius 1 is 1.07 bits per heavy atom. The number of rotatable bonds is 4. The van der Waals surface area contributed by atoms with Crippen LogP contribution in [0.3, 0.4) is 0 Å². The van der Waals surface area contributed by atoms with Gasteiger partial charge >= 0.3 is 0 Å². The fourth-order valence-corrected chi connectivity index (χ4v) is 5.29. The van der Waals surface area contributed by atoms with Gasteiger partial charge in [-0.2, -0.15) is 4.99 Å². The second-order valence-corrected chi connectivity index (χ2v) is 8.65. The summed E-state index contributed by atoms with van der Waals surface area (Å²) in [5.41, 5.74) is 0.520. The summed E-state index contributed by atoms with van der Waals surface area (Å²) in [7, 11) is 0. The molecule has 1 saturated heterocycles. The van der Waals surface area contributed by atoms with Gasteiger partial charge in [0.15, 0.2) is 5.17 Å². The maximum absolute atomic E-state index is 12.8. The quantitative estimate of drug-likeness (QED) is 0.796. The number of pyridine rings is 1. The third-order valence-corrected chi connectivity index (χ3v) is 6.93. The summed E-state index contributed by atoms with van der Waals surface area (Å²) >= 11 is 1.60. The Balaban J connectivity index is 1.24. The van der Waals surface area contributed by atoms with E-state index in [0.717, 1.165) is 55.8 Å². The number of anilines is 2. The minimum Gasteiger partial charge on any atom is -0.354 e. The number of para-hydroxylation sites is 1. The number of carbonyl (C=O) groups excluding carboxylic acids is 1. The molecular formula is C21H23N5OS. The van der Waals surface area contributed by atoms with Crippen LogP contribution in [0.25, 0.3) is 0 Å². The lowest BCUT2D eigenvalue weighted by Gasteiger charge is -2.38. The van der Waals surface area contributed by atoms with Gasteiger partial charge in [0, 0.05) is 43.8 Å². The van der Waals surface area contributed by atoms with E-state index in [0.29, 0.717) is 0 Å². The minimum atomic E-state index is -0.590. The van der Waals surface area contributed by atoms with Crippen molar-refractivity contribution in [3.8, 4) is 0 Å². The number of hydrogen-bond acceptors (Lipinski definition) is 6. The van der Waals surface area contributed by atoms with Gasteiger partial charge in [-0.3, -0.25) is 9.69 Å². The second kappa shape index (κ2) is 6.90. The molecule has 1 aromatic heterocycles. The first-order chi connectivity index (χ1) is 13.6. The third-order valence-electron chi connectivity index (χ3n) is 5.91. The van der Waals surface area contributed by atoms with E-state index in [-0.39, 0.29) is 5.91 Å². The lowest BCUT2D eigenvalue weighted by atomic mass is 9.94. The predicted octanol–water partition coefficient (Wildman–Crippen LogP) is 2.86. The van der Waals surface area contributed by atoms with Crippen LogP contribution in [0.5, 0.6) is 0 Å². The summed E-state index contributed by atoms with van der Waals surface area (Å²) in [4.78, 5) is 29.7. The van der Waals surface area contributed by atoms with E-state index in [1.807, 2.05) is 37.4 Å². The zero-order valence-corrected chi connectivity index (χ0v) is 16.7. The molecule has 3 aliphatic heterocycles. The Morgan fingerprint density at radius 2 is 1.86 bits per heavy atom. The van der Waals surface area contributed by atoms with Gasteiger partial charge in [0.25, 0.3) is 5.91 Å². The second-order valence-electron chi connectivity index (χ2n) is 7.65. The molecule has 0 spiro atoms. The van der Waals surface area contributed by atoms with Crippen molar-refractivity contribution in [2.24, 2.45) is 4.99 Å². The van der Waals surface area contributed by atoms with E-state index in [1.54, 1.807) is 11.8 Å². The number of aliphatic imine (C=N–C) groups is 1. The summed E-state index contributed by atoms with van der Waals surface area (Å²) in [6, 6.07) is 14.3. The van der Waals surface area contributed by atoms with E-state index >= 15 is 0 Å². The molecule has 6 nitrogen and oxygen atoms in total. The average Bonchev–Trinajstić information content (AvgIpc) is 3.22. The van der Waals surface area contributed by atoms with Gasteiger partial charge in [0.2, 0.25) is 0 Å². The molecule has 3 aliphatic rings. The molecule has 0 aliphatic carbocycles. The minimum absolute atomic E-state index is 0.0170. The Bertz CT molecular complexity index is 925. The maximum Gasteiger partial charge on any atom is 0.274 e. The SMILES string of the molecule is CC1(CCN2CCN(c3ccccn3)CC2)C(=O)N=C2Sc3ccccc3N21. The van der Waals surface area contributed by atoms with E-state index in [2.05, 4.69) is 42.9 Å². The molecule has 28 heavy (non-hydrogen) atoms. The number of benzene rings is 1. The van der Waals surface area contributed by atoms with Gasteiger partial charge in [-0.1, -0.05) is 18.2 Å². The van der Waals surface area contributed by atoms with Crippen LogP contribution in [0.4, 0.5) is 11.5 Å². The Morgan fingerprint density at radius 3 is 2.64 bits per heavy atom. The van der Waals surface area contributed by atoms with Gasteiger partial charge in [0.1, 0.15) is 11.4 Å². The van der Waals surface area contributed by atoms with Gasteiger partial charge in [-0.25, -0.2) is 4.98 Å². The average molecular weight is 394 g/mol. The molecule has 1 amide bonds. The van der Waals surface area contributed by atoms with Gasteiger partial charge in [-0.05, 0) is 49.4 Å². The number of carbonyl (C=O) groups is 1. The molecule has 144 valence electrons. The molecule has 1 fully saturated rings. The highest BCUT2D eigenvalue weighted by Gasteiger charge is 2.50. The molecule has 0 bridgehead atoms. The smallest absolute Gasteiger partial charge is 0.274 e. The van der Waals surface area contributed by atoms with Crippen LogP contribution in [0.1, 0.15) is 13.3 Å². The van der Waals surface area contributed by atoms with Crippen molar-refractivity contribution in [2.45, 2.75) is 23.8 Å². The number of nitrogens with zero attached hydrogens (tertiary/aromatic N) is 5. The fourth-order valence-electron chi connectivity index (χ4n) is 4.16. The van der Waals surface area contributed by atoms with Crippen molar-refractivity contribution < 1.29 is 4.79 Å². The van der Waals surface area contributed by atoms with E-state index in [9.17, 15) is 4.79 Å². The molecule has 0 N–H and O–H groups in total. The summed E-state index contributed by atoms with van der Waals surface area (Å²) < 4.78 is 0. The normalized spacial score (nSPS) is 24.3. The molecule has 7 heteroatoms. The van der Waals surface area contributed by atoms with Gasteiger partial charge < -0.3 is 9.80 Å². The van der Waals surface area contributed by atoms with E-state index in [4.69, 9.17) is 0 Å². The summed E-state index contributed by atoms with van der Waals surface area (Å²) in [6.07, 6.45) is 2.62. The highest BCUT2D eigenvalue weighted by Crippen LogP contribution is 2.48. The number of amidine groups is 1. The standard InChI is InChI=1S/C21H23N5OS/c1-21(19(27)23-20-26(21)16-6-2-3-7-17(16)28-20)9-11-24-12-14-25(15-13-24)18-8-4-5-10-22-18/h2-8,10H,9,11-15H2,1H3. The molecule has 1 aromatic carbocycles. The fraction of sp³-hybridized carbons (Fsp3) is 0.381. The largest absolute Gasteiger partial charge is 0.354 e. The summed E-state index contributed by atoms with van der Waals surface area (Å²) in [5.74, 6) is 1.03. The van der Waals surface area contributed by atoms with Crippen molar-refractivity contribution in [3.05, 3.63) is 48.7 Å². The molecule has 0 radical (unpaired) electrons. The number of aromatic nitrogens is 1. The van der Waals surface area contributed by atoms with Gasteiger partial charge in [0.05, 0.1) is 5.69 Å². The number of piperazine rings is 1. The van der Waals surface area contributed by atoms with Crippen molar-refractivity contribution in [1.82, 2.24) is 9.88 Å². The molecule has 2 aromatic rings. The first-order valence-corrected chi connectivity index (χ1v) is 10.6. The lowest BCUT2D eigenvalue weighted by molar-refractivity contribution is -0.121. The van der Waals surface area contributed by atoms with Crippen molar-refractivity contribution >= 4 is 34.3 Å². The van der Waals surface area contributed by atoms with Crippen LogP contribution in [-0.2, 0) is 4.79 Å². The van der Waals surface area contributed by atoms with Crippen LogP contribution in [0, 0.1) is 0 Å².